The van der Waals surface area contributed by atoms with Crippen LogP contribution in [0.2, 0.25) is 0 Å². The van der Waals surface area contributed by atoms with Crippen molar-refractivity contribution in [3.8, 4) is 5.69 Å². The molecule has 0 aliphatic heterocycles. The zero-order chi connectivity index (χ0) is 21.1. The van der Waals surface area contributed by atoms with Crippen LogP contribution in [0.15, 0.2) is 42.7 Å². The Bertz CT molecular complexity index is 904. The first-order valence-corrected chi connectivity index (χ1v) is 11.4. The Morgan fingerprint density at radius 3 is 2.34 bits per heavy atom. The van der Waals surface area contributed by atoms with Crippen LogP contribution in [0.5, 0.6) is 0 Å². The molecule has 0 radical (unpaired) electrons. The van der Waals surface area contributed by atoms with Crippen molar-refractivity contribution in [3.63, 3.8) is 0 Å². The van der Waals surface area contributed by atoms with Crippen LogP contribution < -0.4 is 10.0 Å². The second-order valence-electron chi connectivity index (χ2n) is 7.44. The molecular formula is C20H26F3N3O2S. The molecule has 29 heavy (non-hydrogen) atoms. The van der Waals surface area contributed by atoms with Gasteiger partial charge in [-0.25, -0.2) is 13.1 Å². The van der Waals surface area contributed by atoms with Gasteiger partial charge in [-0.3, -0.25) is 0 Å². The number of sulfonamides is 1. The molecule has 1 fully saturated rings. The van der Waals surface area contributed by atoms with Gasteiger partial charge in [-0.05, 0) is 68.9 Å². The standard InChI is InChI=1S/C20H26F3N3O2S/c1-2-29(27,28)25-16-7-5-15(6-8-16)14-24-17-9-10-18(20(21,22)23)19(13-17)26-11-3-4-12-26/h3-4,9-13,15-16,24-25H,2,5-8,14H2,1H3. The molecule has 0 unspecified atom stereocenters. The first kappa shape index (κ1) is 21.7. The Kier molecular flexibility index (Phi) is 6.58. The minimum Gasteiger partial charge on any atom is -0.385 e. The highest BCUT2D eigenvalue weighted by molar-refractivity contribution is 7.89. The molecule has 5 nitrogen and oxygen atoms in total. The van der Waals surface area contributed by atoms with E-state index in [0.717, 1.165) is 31.7 Å². The van der Waals surface area contributed by atoms with E-state index in [0.29, 0.717) is 18.2 Å². The number of hydrogen-bond acceptors (Lipinski definition) is 3. The summed E-state index contributed by atoms with van der Waals surface area (Å²) in [5, 5.41) is 3.25. The lowest BCUT2D eigenvalue weighted by molar-refractivity contribution is -0.137. The van der Waals surface area contributed by atoms with Crippen molar-refractivity contribution >= 4 is 15.7 Å². The van der Waals surface area contributed by atoms with E-state index in [-0.39, 0.29) is 17.5 Å². The van der Waals surface area contributed by atoms with Crippen LogP contribution in [0.1, 0.15) is 38.2 Å². The summed E-state index contributed by atoms with van der Waals surface area (Å²) in [5.74, 6) is 0.432. The summed E-state index contributed by atoms with van der Waals surface area (Å²) in [6, 6.07) is 7.42. The van der Waals surface area contributed by atoms with E-state index in [2.05, 4.69) is 10.0 Å². The molecular weight excluding hydrogens is 403 g/mol. The van der Waals surface area contributed by atoms with Gasteiger partial charge in [0, 0.05) is 30.7 Å². The molecule has 0 atom stereocenters. The molecule has 9 heteroatoms. The monoisotopic (exact) mass is 429 g/mol. The first-order valence-electron chi connectivity index (χ1n) is 9.76. The quantitative estimate of drug-likeness (QED) is 0.686. The molecule has 1 saturated carbocycles. The van der Waals surface area contributed by atoms with Crippen molar-refractivity contribution < 1.29 is 21.6 Å². The number of nitrogens with one attached hydrogen (secondary N) is 2. The van der Waals surface area contributed by atoms with Crippen molar-refractivity contribution in [2.24, 2.45) is 5.92 Å². The van der Waals surface area contributed by atoms with Gasteiger partial charge in [0.2, 0.25) is 10.0 Å². The Labute approximate surface area is 169 Å². The van der Waals surface area contributed by atoms with Crippen LogP contribution in [0.4, 0.5) is 18.9 Å². The van der Waals surface area contributed by atoms with Crippen molar-refractivity contribution in [2.45, 2.75) is 44.8 Å². The third-order valence-corrected chi connectivity index (χ3v) is 6.81. The van der Waals surface area contributed by atoms with Crippen molar-refractivity contribution in [1.29, 1.82) is 0 Å². The fraction of sp³-hybridized carbons (Fsp3) is 0.500. The smallest absolute Gasteiger partial charge is 0.385 e. The molecule has 3 rings (SSSR count). The van der Waals surface area contributed by atoms with Gasteiger partial charge in [0.25, 0.3) is 0 Å². The highest BCUT2D eigenvalue weighted by atomic mass is 32.2. The summed E-state index contributed by atoms with van der Waals surface area (Å²) < 4.78 is 67.6. The molecule has 160 valence electrons. The third-order valence-electron chi connectivity index (χ3n) is 5.35. The van der Waals surface area contributed by atoms with E-state index < -0.39 is 21.8 Å². The van der Waals surface area contributed by atoms with Crippen molar-refractivity contribution in [1.82, 2.24) is 9.29 Å². The zero-order valence-electron chi connectivity index (χ0n) is 16.2. The van der Waals surface area contributed by atoms with Gasteiger partial charge < -0.3 is 9.88 Å². The highest BCUT2D eigenvalue weighted by Gasteiger charge is 2.34. The summed E-state index contributed by atoms with van der Waals surface area (Å²) in [7, 11) is -3.19. The number of aromatic nitrogens is 1. The second-order valence-corrected chi connectivity index (χ2v) is 9.48. The largest absolute Gasteiger partial charge is 0.418 e. The lowest BCUT2D eigenvalue weighted by Gasteiger charge is -2.29. The maximum absolute atomic E-state index is 13.3. The van der Waals surface area contributed by atoms with E-state index in [4.69, 9.17) is 0 Å². The summed E-state index contributed by atoms with van der Waals surface area (Å²) >= 11 is 0. The molecule has 1 aliphatic carbocycles. The fourth-order valence-corrected chi connectivity index (χ4v) is 4.58. The predicted octanol–water partition coefficient (Wildman–Crippen LogP) is 4.41. The summed E-state index contributed by atoms with van der Waals surface area (Å²) in [5.41, 5.74) is 0.0451. The number of benzene rings is 1. The van der Waals surface area contributed by atoms with Crippen LogP contribution in [0, 0.1) is 5.92 Å². The molecule has 0 bridgehead atoms. The Morgan fingerprint density at radius 1 is 1.10 bits per heavy atom. The van der Waals surface area contributed by atoms with Gasteiger partial charge in [-0.15, -0.1) is 0 Å². The Balaban J connectivity index is 1.61. The molecule has 0 amide bonds. The molecule has 1 aliphatic rings. The van der Waals surface area contributed by atoms with E-state index in [1.165, 1.54) is 16.7 Å². The number of hydrogen-bond donors (Lipinski definition) is 2. The van der Waals surface area contributed by atoms with Gasteiger partial charge in [0.15, 0.2) is 0 Å². The zero-order valence-corrected chi connectivity index (χ0v) is 17.1. The Hall–Kier alpha value is -2.00. The lowest BCUT2D eigenvalue weighted by atomic mass is 9.86. The number of halogens is 3. The Morgan fingerprint density at radius 2 is 1.76 bits per heavy atom. The van der Waals surface area contributed by atoms with E-state index in [1.807, 2.05) is 0 Å². The van der Waals surface area contributed by atoms with Crippen LogP contribution >= 0.6 is 0 Å². The van der Waals surface area contributed by atoms with Gasteiger partial charge >= 0.3 is 6.18 Å². The highest BCUT2D eigenvalue weighted by Crippen LogP contribution is 2.35. The van der Waals surface area contributed by atoms with Crippen molar-refractivity contribution in [2.75, 3.05) is 17.6 Å². The van der Waals surface area contributed by atoms with Gasteiger partial charge in [-0.1, -0.05) is 0 Å². The second kappa shape index (κ2) is 8.79. The number of nitrogens with zero attached hydrogens (tertiary/aromatic N) is 1. The van der Waals surface area contributed by atoms with Gasteiger partial charge in [-0.2, -0.15) is 13.2 Å². The maximum Gasteiger partial charge on any atom is 0.418 e. The van der Waals surface area contributed by atoms with E-state index in [1.54, 1.807) is 31.5 Å². The molecule has 2 aromatic rings. The average Bonchev–Trinajstić information content (AvgIpc) is 3.21. The van der Waals surface area contributed by atoms with Gasteiger partial charge in [0.1, 0.15) is 0 Å². The molecule has 1 aromatic carbocycles. The van der Waals surface area contributed by atoms with Crippen LogP contribution in [-0.4, -0.2) is 31.3 Å². The number of rotatable bonds is 7. The SMILES string of the molecule is CCS(=O)(=O)NC1CCC(CNc2ccc(C(F)(F)F)c(-n3cccc3)c2)CC1. The fourth-order valence-electron chi connectivity index (χ4n) is 3.67. The summed E-state index contributed by atoms with van der Waals surface area (Å²) in [6.45, 7) is 2.26. The van der Waals surface area contributed by atoms with Crippen LogP contribution in [0.25, 0.3) is 5.69 Å². The average molecular weight is 430 g/mol. The first-order chi connectivity index (χ1) is 13.7. The maximum atomic E-state index is 13.3. The topological polar surface area (TPSA) is 63.1 Å². The molecule has 0 spiro atoms. The third kappa shape index (κ3) is 5.76. The molecule has 1 aromatic heterocycles. The molecule has 0 saturated heterocycles. The minimum atomic E-state index is -4.43. The number of alkyl halides is 3. The minimum absolute atomic E-state index is 0.0254. The van der Waals surface area contributed by atoms with Crippen LogP contribution in [0.3, 0.4) is 0 Å². The van der Waals surface area contributed by atoms with E-state index in [9.17, 15) is 21.6 Å². The van der Waals surface area contributed by atoms with Crippen molar-refractivity contribution in [3.05, 3.63) is 48.3 Å². The number of anilines is 1. The molecule has 2 N–H and O–H groups in total. The normalized spacial score (nSPS) is 20.6. The molecule has 1 heterocycles. The van der Waals surface area contributed by atoms with Crippen LogP contribution in [-0.2, 0) is 16.2 Å². The van der Waals surface area contributed by atoms with Gasteiger partial charge in [0.05, 0.1) is 17.0 Å². The lowest BCUT2D eigenvalue weighted by Crippen LogP contribution is -2.39. The summed E-state index contributed by atoms with van der Waals surface area (Å²) in [4.78, 5) is 0. The van der Waals surface area contributed by atoms with E-state index >= 15 is 0 Å². The predicted molar refractivity (Wildman–Crippen MR) is 108 cm³/mol. The summed E-state index contributed by atoms with van der Waals surface area (Å²) in [6.07, 6.45) is 2.03.